The number of aliphatic hydroxyl groups excluding tert-OH is 1. The fourth-order valence-electron chi connectivity index (χ4n) is 1.28. The van der Waals surface area contributed by atoms with E-state index in [1.165, 1.54) is 6.20 Å². The lowest BCUT2D eigenvalue weighted by Gasteiger charge is -2.14. The zero-order valence-electron chi connectivity index (χ0n) is 8.94. The molecule has 1 aromatic heterocycles. The average molecular weight is 230 g/mol. The standard InChI is InChI=1S/C10H16ClN3O/c1-7(2)5-8(15)6-14-10-9(11)12-3-4-13-10/h3-4,7-8,15H,5-6H2,1-2H3,(H,13,14). The van der Waals surface area contributed by atoms with Crippen molar-refractivity contribution in [3.63, 3.8) is 0 Å². The molecule has 0 bridgehead atoms. The summed E-state index contributed by atoms with van der Waals surface area (Å²) >= 11 is 5.80. The molecule has 0 aliphatic carbocycles. The fourth-order valence-corrected chi connectivity index (χ4v) is 1.45. The van der Waals surface area contributed by atoms with Crippen molar-refractivity contribution in [3.8, 4) is 0 Å². The molecule has 1 rings (SSSR count). The number of nitrogens with zero attached hydrogens (tertiary/aromatic N) is 2. The topological polar surface area (TPSA) is 58.0 Å². The summed E-state index contributed by atoms with van der Waals surface area (Å²) < 4.78 is 0. The summed E-state index contributed by atoms with van der Waals surface area (Å²) in [6.07, 6.45) is 3.45. The Morgan fingerprint density at radius 2 is 2.07 bits per heavy atom. The predicted octanol–water partition coefficient (Wildman–Crippen LogP) is 1.95. The van der Waals surface area contributed by atoms with Gasteiger partial charge in [-0.15, -0.1) is 0 Å². The van der Waals surface area contributed by atoms with Crippen LogP contribution in [0.1, 0.15) is 20.3 Å². The van der Waals surface area contributed by atoms with E-state index in [1.807, 2.05) is 0 Å². The van der Waals surface area contributed by atoms with Crippen LogP contribution in [0.3, 0.4) is 0 Å². The Hall–Kier alpha value is -0.870. The highest BCUT2D eigenvalue weighted by molar-refractivity contribution is 6.31. The van der Waals surface area contributed by atoms with Gasteiger partial charge in [-0.1, -0.05) is 25.4 Å². The summed E-state index contributed by atoms with van der Waals surface area (Å²) in [6.45, 7) is 4.58. The van der Waals surface area contributed by atoms with Crippen LogP contribution < -0.4 is 5.32 Å². The maximum atomic E-state index is 9.62. The third kappa shape index (κ3) is 4.44. The summed E-state index contributed by atoms with van der Waals surface area (Å²) in [5.41, 5.74) is 0. The molecule has 84 valence electrons. The maximum absolute atomic E-state index is 9.62. The zero-order valence-corrected chi connectivity index (χ0v) is 9.70. The van der Waals surface area contributed by atoms with Crippen molar-refractivity contribution >= 4 is 17.4 Å². The van der Waals surface area contributed by atoms with Crippen LogP contribution in [0.15, 0.2) is 12.4 Å². The van der Waals surface area contributed by atoms with Gasteiger partial charge in [0, 0.05) is 18.9 Å². The third-order valence-corrected chi connectivity index (χ3v) is 2.18. The number of rotatable bonds is 5. The number of hydrogen-bond acceptors (Lipinski definition) is 4. The highest BCUT2D eigenvalue weighted by Crippen LogP contribution is 2.14. The van der Waals surface area contributed by atoms with E-state index in [-0.39, 0.29) is 6.10 Å². The second kappa shape index (κ2) is 5.88. The van der Waals surface area contributed by atoms with Gasteiger partial charge in [-0.3, -0.25) is 0 Å². The summed E-state index contributed by atoms with van der Waals surface area (Å²) in [5.74, 6) is 0.987. The molecule has 0 saturated carbocycles. The Bertz CT molecular complexity index is 306. The first-order chi connectivity index (χ1) is 7.09. The van der Waals surface area contributed by atoms with Gasteiger partial charge in [-0.2, -0.15) is 0 Å². The number of anilines is 1. The van der Waals surface area contributed by atoms with Crippen LogP contribution in [-0.4, -0.2) is 27.7 Å². The van der Waals surface area contributed by atoms with Crippen LogP contribution in [0, 0.1) is 5.92 Å². The van der Waals surface area contributed by atoms with E-state index < -0.39 is 0 Å². The average Bonchev–Trinajstić information content (AvgIpc) is 2.15. The monoisotopic (exact) mass is 229 g/mol. The van der Waals surface area contributed by atoms with Crippen LogP contribution in [0.4, 0.5) is 5.82 Å². The van der Waals surface area contributed by atoms with Crippen molar-refractivity contribution in [2.24, 2.45) is 5.92 Å². The van der Waals surface area contributed by atoms with E-state index in [4.69, 9.17) is 11.6 Å². The molecule has 4 nitrogen and oxygen atoms in total. The molecule has 0 saturated heterocycles. The third-order valence-electron chi connectivity index (χ3n) is 1.90. The minimum Gasteiger partial charge on any atom is -0.391 e. The first-order valence-electron chi connectivity index (χ1n) is 4.98. The van der Waals surface area contributed by atoms with Crippen LogP contribution in [0.25, 0.3) is 0 Å². The van der Waals surface area contributed by atoms with E-state index in [0.717, 1.165) is 6.42 Å². The summed E-state index contributed by atoms with van der Waals surface area (Å²) in [7, 11) is 0. The zero-order chi connectivity index (χ0) is 11.3. The van der Waals surface area contributed by atoms with Gasteiger partial charge >= 0.3 is 0 Å². The lowest BCUT2D eigenvalue weighted by Crippen LogP contribution is -2.21. The number of aromatic nitrogens is 2. The van der Waals surface area contributed by atoms with Gasteiger partial charge in [0.25, 0.3) is 0 Å². The second-order valence-corrected chi connectivity index (χ2v) is 4.22. The molecular formula is C10H16ClN3O. The van der Waals surface area contributed by atoms with Gasteiger partial charge in [0.05, 0.1) is 6.10 Å². The maximum Gasteiger partial charge on any atom is 0.171 e. The van der Waals surface area contributed by atoms with Crippen molar-refractivity contribution < 1.29 is 5.11 Å². The van der Waals surface area contributed by atoms with Crippen molar-refractivity contribution in [1.82, 2.24) is 9.97 Å². The van der Waals surface area contributed by atoms with Crippen LogP contribution in [-0.2, 0) is 0 Å². The lowest BCUT2D eigenvalue weighted by molar-refractivity contribution is 0.161. The molecule has 15 heavy (non-hydrogen) atoms. The molecule has 0 aliphatic rings. The lowest BCUT2D eigenvalue weighted by atomic mass is 10.1. The van der Waals surface area contributed by atoms with Crippen LogP contribution in [0.5, 0.6) is 0 Å². The number of hydrogen-bond donors (Lipinski definition) is 2. The smallest absolute Gasteiger partial charge is 0.171 e. The predicted molar refractivity (Wildman–Crippen MR) is 61.0 cm³/mol. The largest absolute Gasteiger partial charge is 0.391 e. The Balaban J connectivity index is 2.40. The molecule has 0 amide bonds. The summed E-state index contributed by atoms with van der Waals surface area (Å²) in [5, 5.41) is 12.9. The molecule has 1 unspecified atom stereocenters. The molecule has 1 atom stereocenters. The second-order valence-electron chi connectivity index (χ2n) is 3.86. The van der Waals surface area contributed by atoms with E-state index >= 15 is 0 Å². The van der Waals surface area contributed by atoms with Gasteiger partial charge in [-0.25, -0.2) is 9.97 Å². The van der Waals surface area contributed by atoms with Crippen LogP contribution in [0.2, 0.25) is 5.15 Å². The van der Waals surface area contributed by atoms with Gasteiger partial charge in [0.15, 0.2) is 11.0 Å². The minimum absolute atomic E-state index is 0.328. The Kier molecular flexibility index (Phi) is 4.78. The highest BCUT2D eigenvalue weighted by Gasteiger charge is 2.08. The van der Waals surface area contributed by atoms with Crippen molar-refractivity contribution in [1.29, 1.82) is 0 Å². The molecule has 0 aromatic carbocycles. The van der Waals surface area contributed by atoms with E-state index in [1.54, 1.807) is 6.20 Å². The van der Waals surface area contributed by atoms with Gasteiger partial charge in [0.2, 0.25) is 0 Å². The highest BCUT2D eigenvalue weighted by atomic mass is 35.5. The van der Waals surface area contributed by atoms with Crippen molar-refractivity contribution in [3.05, 3.63) is 17.5 Å². The molecule has 0 aliphatic heterocycles. The minimum atomic E-state index is -0.386. The summed E-state index contributed by atoms with van der Waals surface area (Å²) in [4.78, 5) is 7.89. The normalized spacial score (nSPS) is 12.9. The van der Waals surface area contributed by atoms with Crippen molar-refractivity contribution in [2.75, 3.05) is 11.9 Å². The quantitative estimate of drug-likeness (QED) is 0.810. The van der Waals surface area contributed by atoms with Crippen LogP contribution >= 0.6 is 11.6 Å². The van der Waals surface area contributed by atoms with E-state index in [0.29, 0.717) is 23.4 Å². The number of nitrogens with one attached hydrogen (secondary N) is 1. The summed E-state index contributed by atoms with van der Waals surface area (Å²) in [6, 6.07) is 0. The fraction of sp³-hybridized carbons (Fsp3) is 0.600. The first kappa shape index (κ1) is 12.2. The SMILES string of the molecule is CC(C)CC(O)CNc1nccnc1Cl. The number of aliphatic hydroxyl groups is 1. The van der Waals surface area contributed by atoms with Crippen molar-refractivity contribution in [2.45, 2.75) is 26.4 Å². The molecule has 2 N–H and O–H groups in total. The molecule has 1 aromatic rings. The van der Waals surface area contributed by atoms with Gasteiger partial charge in [-0.05, 0) is 12.3 Å². The molecular weight excluding hydrogens is 214 g/mol. The number of halogens is 1. The Morgan fingerprint density at radius 3 is 2.67 bits per heavy atom. The molecule has 0 spiro atoms. The first-order valence-corrected chi connectivity index (χ1v) is 5.36. The van der Waals surface area contributed by atoms with E-state index in [9.17, 15) is 5.11 Å². The Labute approximate surface area is 94.7 Å². The van der Waals surface area contributed by atoms with E-state index in [2.05, 4.69) is 29.1 Å². The van der Waals surface area contributed by atoms with Gasteiger partial charge < -0.3 is 10.4 Å². The molecule has 1 heterocycles. The molecule has 5 heteroatoms. The molecule has 0 radical (unpaired) electrons. The van der Waals surface area contributed by atoms with Gasteiger partial charge in [0.1, 0.15) is 0 Å². The molecule has 0 fully saturated rings. The Morgan fingerprint density at radius 1 is 1.40 bits per heavy atom.